The second kappa shape index (κ2) is 6.10. The molecule has 1 aromatic carbocycles. The van der Waals surface area contributed by atoms with E-state index >= 15 is 0 Å². The number of carbonyl (C=O) groups excluding carboxylic acids is 1. The van der Waals surface area contributed by atoms with Crippen LogP contribution in [0.3, 0.4) is 0 Å². The number of methoxy groups -OCH3 is 1. The first-order valence-corrected chi connectivity index (χ1v) is 8.27. The molecule has 0 aromatic heterocycles. The zero-order chi connectivity index (χ0) is 15.8. The Balaban J connectivity index is 2.41. The first-order chi connectivity index (χ1) is 9.77. The molecule has 0 saturated carbocycles. The maximum atomic E-state index is 12.6. The van der Waals surface area contributed by atoms with Gasteiger partial charge in [-0.2, -0.15) is 4.31 Å². The molecule has 9 heteroatoms. The number of hydrogen-bond donors (Lipinski definition) is 1. The minimum absolute atomic E-state index is 0.0418. The summed E-state index contributed by atoms with van der Waals surface area (Å²) in [5.41, 5.74) is 5.78. The van der Waals surface area contributed by atoms with E-state index in [1.165, 1.54) is 25.3 Å². The van der Waals surface area contributed by atoms with Crippen molar-refractivity contribution in [2.45, 2.75) is 23.4 Å². The Kier molecular flexibility index (Phi) is 4.79. The van der Waals surface area contributed by atoms with Crippen molar-refractivity contribution in [1.82, 2.24) is 4.31 Å². The smallest absolute Gasteiger partial charge is 0.324 e. The molecular weight excluding hydrogens is 339 g/mol. The molecule has 0 aliphatic carbocycles. The molecule has 0 radical (unpaired) electrons. The fourth-order valence-electron chi connectivity index (χ4n) is 2.23. The van der Waals surface area contributed by atoms with Gasteiger partial charge >= 0.3 is 5.97 Å². The van der Waals surface area contributed by atoms with E-state index in [2.05, 4.69) is 4.74 Å². The van der Waals surface area contributed by atoms with Crippen molar-refractivity contribution in [3.05, 3.63) is 28.2 Å². The summed E-state index contributed by atoms with van der Waals surface area (Å²) >= 11 is 11.6. The van der Waals surface area contributed by atoms with Crippen molar-refractivity contribution < 1.29 is 17.9 Å². The van der Waals surface area contributed by atoms with Gasteiger partial charge in [0.05, 0.1) is 22.1 Å². The van der Waals surface area contributed by atoms with E-state index in [0.717, 1.165) is 4.31 Å². The molecule has 21 heavy (non-hydrogen) atoms. The fourth-order valence-corrected chi connectivity index (χ4v) is 4.26. The number of hydrogen-bond acceptors (Lipinski definition) is 5. The van der Waals surface area contributed by atoms with Gasteiger partial charge in [0.1, 0.15) is 6.04 Å². The zero-order valence-electron chi connectivity index (χ0n) is 11.1. The number of halogens is 2. The summed E-state index contributed by atoms with van der Waals surface area (Å²) in [5, 5.41) is 0.370. The minimum Gasteiger partial charge on any atom is -0.468 e. The van der Waals surface area contributed by atoms with Gasteiger partial charge in [-0.3, -0.25) is 4.79 Å². The third-order valence-corrected chi connectivity index (χ3v) is 5.87. The lowest BCUT2D eigenvalue weighted by Gasteiger charge is -2.22. The molecule has 1 aliphatic heterocycles. The van der Waals surface area contributed by atoms with E-state index in [-0.39, 0.29) is 27.9 Å². The Hall–Kier alpha value is -0.860. The van der Waals surface area contributed by atoms with Crippen molar-refractivity contribution in [3.63, 3.8) is 0 Å². The summed E-state index contributed by atoms with van der Waals surface area (Å²) in [6.45, 7) is 0.0440. The molecule has 1 aromatic rings. The van der Waals surface area contributed by atoms with Gasteiger partial charge in [-0.05, 0) is 24.6 Å². The molecule has 2 N–H and O–H groups in total. The van der Waals surface area contributed by atoms with Gasteiger partial charge in [-0.15, -0.1) is 0 Å². The highest BCUT2D eigenvalue weighted by molar-refractivity contribution is 7.89. The number of nitrogens with two attached hydrogens (primary N) is 1. The molecule has 1 saturated heterocycles. The van der Waals surface area contributed by atoms with Crippen molar-refractivity contribution in [1.29, 1.82) is 0 Å². The summed E-state index contributed by atoms with van der Waals surface area (Å²) in [7, 11) is -2.70. The number of esters is 1. The van der Waals surface area contributed by atoms with Gasteiger partial charge in [0.15, 0.2) is 0 Å². The predicted octanol–water partition coefficient (Wildman–Crippen LogP) is 1.26. The Labute approximate surface area is 132 Å². The molecule has 2 atom stereocenters. The highest BCUT2D eigenvalue weighted by Crippen LogP contribution is 2.30. The Morgan fingerprint density at radius 1 is 1.38 bits per heavy atom. The molecule has 116 valence electrons. The second-order valence-corrected chi connectivity index (χ2v) is 7.39. The fraction of sp³-hybridized carbons (Fsp3) is 0.417. The van der Waals surface area contributed by atoms with E-state index in [4.69, 9.17) is 28.9 Å². The third kappa shape index (κ3) is 3.17. The Morgan fingerprint density at radius 2 is 2.05 bits per heavy atom. The van der Waals surface area contributed by atoms with Crippen LogP contribution in [-0.2, 0) is 19.6 Å². The van der Waals surface area contributed by atoms with E-state index in [0.29, 0.717) is 0 Å². The molecule has 1 aliphatic rings. The maximum Gasteiger partial charge on any atom is 0.324 e. The van der Waals surface area contributed by atoms with Crippen LogP contribution in [0.1, 0.15) is 6.42 Å². The van der Waals surface area contributed by atoms with Crippen molar-refractivity contribution in [2.75, 3.05) is 13.7 Å². The van der Waals surface area contributed by atoms with E-state index in [1.54, 1.807) is 0 Å². The number of rotatable bonds is 3. The first-order valence-electron chi connectivity index (χ1n) is 6.07. The van der Waals surface area contributed by atoms with Crippen LogP contribution in [-0.4, -0.2) is 44.4 Å². The molecule has 1 heterocycles. The van der Waals surface area contributed by atoms with E-state index < -0.39 is 28.1 Å². The molecule has 2 rings (SSSR count). The number of sulfonamides is 1. The van der Waals surface area contributed by atoms with Gasteiger partial charge in [0.25, 0.3) is 0 Å². The van der Waals surface area contributed by atoms with Crippen molar-refractivity contribution in [3.8, 4) is 0 Å². The van der Waals surface area contributed by atoms with Crippen LogP contribution in [0.4, 0.5) is 0 Å². The topological polar surface area (TPSA) is 89.7 Å². The summed E-state index contributed by atoms with van der Waals surface area (Å²) < 4.78 is 31.0. The van der Waals surface area contributed by atoms with E-state index in [9.17, 15) is 13.2 Å². The number of nitrogens with zero attached hydrogens (tertiary/aromatic N) is 1. The van der Waals surface area contributed by atoms with Gasteiger partial charge < -0.3 is 10.5 Å². The van der Waals surface area contributed by atoms with Gasteiger partial charge in [0, 0.05) is 12.6 Å². The monoisotopic (exact) mass is 352 g/mol. The minimum atomic E-state index is -3.91. The van der Waals surface area contributed by atoms with Gasteiger partial charge in [0.2, 0.25) is 10.0 Å². The third-order valence-electron chi connectivity index (χ3n) is 3.26. The SMILES string of the molecule is COC(=O)[C@H]1C[C@@H](N)CN1S(=O)(=O)c1ccc(Cl)c(Cl)c1. The summed E-state index contributed by atoms with van der Waals surface area (Å²) in [5.74, 6) is -0.633. The van der Waals surface area contributed by atoms with Crippen molar-refractivity contribution >= 4 is 39.2 Å². The first kappa shape index (κ1) is 16.5. The standard InChI is InChI=1S/C12H14Cl2N2O4S/c1-20-12(17)11-4-7(15)6-16(11)21(18,19)8-2-3-9(13)10(14)5-8/h2-3,5,7,11H,4,6,15H2,1H3/t7-,11-/m1/s1. The summed E-state index contributed by atoms with van der Waals surface area (Å²) in [6.07, 6.45) is 0.216. The van der Waals surface area contributed by atoms with Crippen LogP contribution in [0.2, 0.25) is 10.0 Å². The molecule has 6 nitrogen and oxygen atoms in total. The van der Waals surface area contributed by atoms with Crippen LogP contribution < -0.4 is 5.73 Å². The maximum absolute atomic E-state index is 12.6. The Bertz CT molecular complexity index is 665. The van der Waals surface area contributed by atoms with Crippen LogP contribution in [0.15, 0.2) is 23.1 Å². The normalized spacial score (nSPS) is 23.2. The van der Waals surface area contributed by atoms with Crippen LogP contribution in [0.25, 0.3) is 0 Å². The average molecular weight is 353 g/mol. The summed E-state index contributed by atoms with van der Waals surface area (Å²) in [6, 6.07) is 2.62. The highest BCUT2D eigenvalue weighted by Gasteiger charge is 2.43. The lowest BCUT2D eigenvalue weighted by Crippen LogP contribution is -2.41. The average Bonchev–Trinajstić information content (AvgIpc) is 2.83. The predicted molar refractivity (Wildman–Crippen MR) is 78.8 cm³/mol. The largest absolute Gasteiger partial charge is 0.468 e. The van der Waals surface area contributed by atoms with E-state index in [1.807, 2.05) is 0 Å². The highest BCUT2D eigenvalue weighted by atomic mass is 35.5. The lowest BCUT2D eigenvalue weighted by molar-refractivity contribution is -0.144. The Morgan fingerprint density at radius 3 is 2.62 bits per heavy atom. The summed E-state index contributed by atoms with van der Waals surface area (Å²) in [4.78, 5) is 11.7. The number of benzene rings is 1. The molecule has 1 fully saturated rings. The van der Waals surface area contributed by atoms with Gasteiger partial charge in [-0.25, -0.2) is 8.42 Å². The molecule has 0 bridgehead atoms. The number of carbonyl (C=O) groups is 1. The lowest BCUT2D eigenvalue weighted by atomic mass is 10.2. The van der Waals surface area contributed by atoms with Gasteiger partial charge in [-0.1, -0.05) is 23.2 Å². The zero-order valence-corrected chi connectivity index (χ0v) is 13.5. The molecular formula is C12H14Cl2N2O4S. The van der Waals surface area contributed by atoms with Crippen LogP contribution in [0.5, 0.6) is 0 Å². The molecule has 0 spiro atoms. The van der Waals surface area contributed by atoms with Crippen LogP contribution in [0, 0.1) is 0 Å². The number of ether oxygens (including phenoxy) is 1. The van der Waals surface area contributed by atoms with Crippen LogP contribution >= 0.6 is 23.2 Å². The molecule has 0 unspecified atom stereocenters. The second-order valence-electron chi connectivity index (χ2n) is 4.69. The molecule has 0 amide bonds. The van der Waals surface area contributed by atoms with Crippen molar-refractivity contribution in [2.24, 2.45) is 5.73 Å². The quantitative estimate of drug-likeness (QED) is 0.827.